The van der Waals surface area contributed by atoms with E-state index in [1.807, 2.05) is 6.92 Å². The van der Waals surface area contributed by atoms with E-state index in [1.165, 1.54) is 25.8 Å². The van der Waals surface area contributed by atoms with Gasteiger partial charge in [-0.1, -0.05) is 19.8 Å². The monoisotopic (exact) mass is 240 g/mol. The Labute approximate surface area is 103 Å². The molecule has 0 saturated carbocycles. The second-order valence-corrected chi connectivity index (χ2v) is 5.34. The standard InChI is InChI=1S/C13H24N2O2/c1-2-5-11(13(16)17)14-10-7-9-15-8-4-3-6-12(10)15/h10-12,14H,2-9H2,1H3,(H,16,17). The molecule has 0 radical (unpaired) electrons. The molecule has 2 N–H and O–H groups in total. The lowest BCUT2D eigenvalue weighted by molar-refractivity contribution is -0.140. The maximum atomic E-state index is 11.2. The number of carboxylic acid groups (broad SMARTS) is 1. The van der Waals surface area contributed by atoms with Gasteiger partial charge >= 0.3 is 5.97 Å². The van der Waals surface area contributed by atoms with Crippen LogP contribution in [0.5, 0.6) is 0 Å². The fraction of sp³-hybridized carbons (Fsp3) is 0.923. The number of hydrogen-bond acceptors (Lipinski definition) is 3. The minimum Gasteiger partial charge on any atom is -0.480 e. The van der Waals surface area contributed by atoms with E-state index in [9.17, 15) is 9.90 Å². The lowest BCUT2D eigenvalue weighted by Crippen LogP contribution is -2.50. The summed E-state index contributed by atoms with van der Waals surface area (Å²) in [6, 6.07) is 0.622. The van der Waals surface area contributed by atoms with Gasteiger partial charge in [-0.2, -0.15) is 0 Å². The highest BCUT2D eigenvalue weighted by Crippen LogP contribution is 2.27. The van der Waals surface area contributed by atoms with Crippen LogP contribution in [0, 0.1) is 0 Å². The van der Waals surface area contributed by atoms with Crippen molar-refractivity contribution in [2.45, 2.75) is 63.6 Å². The molecule has 17 heavy (non-hydrogen) atoms. The Balaban J connectivity index is 1.91. The largest absolute Gasteiger partial charge is 0.480 e. The van der Waals surface area contributed by atoms with Gasteiger partial charge in [-0.15, -0.1) is 0 Å². The molecule has 0 spiro atoms. The van der Waals surface area contributed by atoms with Gasteiger partial charge in [0.1, 0.15) is 6.04 Å². The van der Waals surface area contributed by atoms with E-state index < -0.39 is 5.97 Å². The van der Waals surface area contributed by atoms with E-state index in [1.54, 1.807) is 0 Å². The number of carboxylic acids is 1. The molecule has 2 fully saturated rings. The normalized spacial score (nSPS) is 31.1. The van der Waals surface area contributed by atoms with Crippen LogP contribution in [0.2, 0.25) is 0 Å². The third-order valence-electron chi connectivity index (χ3n) is 4.15. The van der Waals surface area contributed by atoms with Crippen molar-refractivity contribution in [3.63, 3.8) is 0 Å². The molecule has 2 heterocycles. The maximum absolute atomic E-state index is 11.2. The predicted octanol–water partition coefficient (Wildman–Crippen LogP) is 1.46. The molecule has 4 nitrogen and oxygen atoms in total. The van der Waals surface area contributed by atoms with Gasteiger partial charge in [0.15, 0.2) is 0 Å². The Morgan fingerprint density at radius 2 is 2.24 bits per heavy atom. The molecule has 2 rings (SSSR count). The fourth-order valence-corrected chi connectivity index (χ4v) is 3.27. The fourth-order valence-electron chi connectivity index (χ4n) is 3.27. The summed E-state index contributed by atoms with van der Waals surface area (Å²) in [7, 11) is 0. The second-order valence-electron chi connectivity index (χ2n) is 5.34. The Kier molecular flexibility index (Phi) is 4.40. The maximum Gasteiger partial charge on any atom is 0.320 e. The number of piperidine rings is 1. The number of nitrogens with zero attached hydrogens (tertiary/aromatic N) is 1. The van der Waals surface area contributed by atoms with Crippen molar-refractivity contribution < 1.29 is 9.90 Å². The van der Waals surface area contributed by atoms with Crippen molar-refractivity contribution in [2.24, 2.45) is 0 Å². The average molecular weight is 240 g/mol. The molecule has 3 atom stereocenters. The summed E-state index contributed by atoms with van der Waals surface area (Å²) < 4.78 is 0. The van der Waals surface area contributed by atoms with Crippen molar-refractivity contribution in [3.8, 4) is 0 Å². The summed E-state index contributed by atoms with van der Waals surface area (Å²) in [5.41, 5.74) is 0. The molecule has 2 saturated heterocycles. The first-order chi connectivity index (χ1) is 8.22. The Bertz CT molecular complexity index is 270. The molecule has 3 unspecified atom stereocenters. The van der Waals surface area contributed by atoms with Crippen molar-refractivity contribution in [3.05, 3.63) is 0 Å². The SMILES string of the molecule is CCCC(NC1CCN2CCCCC12)C(=O)O. The third-order valence-corrected chi connectivity index (χ3v) is 4.15. The number of hydrogen-bond donors (Lipinski definition) is 2. The van der Waals surface area contributed by atoms with E-state index in [0.717, 1.165) is 25.8 Å². The number of fused-ring (bicyclic) bond motifs is 1. The first-order valence-corrected chi connectivity index (χ1v) is 6.95. The van der Waals surface area contributed by atoms with Crippen LogP contribution in [0.1, 0.15) is 45.4 Å². The van der Waals surface area contributed by atoms with Crippen LogP contribution in [0.3, 0.4) is 0 Å². The summed E-state index contributed by atoms with van der Waals surface area (Å²) >= 11 is 0. The molecule has 0 aromatic heterocycles. The summed E-state index contributed by atoms with van der Waals surface area (Å²) in [4.78, 5) is 13.7. The third kappa shape index (κ3) is 2.99. The second kappa shape index (κ2) is 5.83. The first-order valence-electron chi connectivity index (χ1n) is 6.95. The van der Waals surface area contributed by atoms with Gasteiger partial charge in [-0.05, 0) is 32.2 Å². The molecule has 4 heteroatoms. The van der Waals surface area contributed by atoms with Crippen LogP contribution >= 0.6 is 0 Å². The van der Waals surface area contributed by atoms with Gasteiger partial charge in [0.2, 0.25) is 0 Å². The van der Waals surface area contributed by atoms with Crippen LogP contribution in [-0.2, 0) is 4.79 Å². The highest BCUT2D eigenvalue weighted by molar-refractivity contribution is 5.73. The number of rotatable bonds is 5. The topological polar surface area (TPSA) is 52.6 Å². The van der Waals surface area contributed by atoms with Crippen molar-refractivity contribution in [1.29, 1.82) is 0 Å². The van der Waals surface area contributed by atoms with E-state index >= 15 is 0 Å². The van der Waals surface area contributed by atoms with E-state index in [4.69, 9.17) is 0 Å². The molecule has 0 amide bonds. The summed E-state index contributed by atoms with van der Waals surface area (Å²) in [6.07, 6.45) is 6.60. The zero-order valence-corrected chi connectivity index (χ0v) is 10.7. The van der Waals surface area contributed by atoms with Crippen LogP contribution in [0.15, 0.2) is 0 Å². The summed E-state index contributed by atoms with van der Waals surface area (Å²) in [5, 5.41) is 12.6. The molecular formula is C13H24N2O2. The molecule has 0 aliphatic carbocycles. The Morgan fingerprint density at radius 3 is 2.94 bits per heavy atom. The Morgan fingerprint density at radius 1 is 1.41 bits per heavy atom. The first kappa shape index (κ1) is 12.8. The molecule has 0 aromatic rings. The van der Waals surface area contributed by atoms with Crippen LogP contribution in [-0.4, -0.2) is 47.2 Å². The molecule has 2 aliphatic rings. The Hall–Kier alpha value is -0.610. The average Bonchev–Trinajstić information content (AvgIpc) is 2.72. The summed E-state index contributed by atoms with van der Waals surface area (Å²) in [5.74, 6) is -0.693. The summed E-state index contributed by atoms with van der Waals surface area (Å²) in [6.45, 7) is 4.38. The lowest BCUT2D eigenvalue weighted by Gasteiger charge is -2.33. The van der Waals surface area contributed by atoms with Gasteiger partial charge in [-0.3, -0.25) is 15.0 Å². The molecule has 0 bridgehead atoms. The van der Waals surface area contributed by atoms with Crippen LogP contribution in [0.4, 0.5) is 0 Å². The van der Waals surface area contributed by atoms with Crippen LogP contribution in [0.25, 0.3) is 0 Å². The van der Waals surface area contributed by atoms with Crippen LogP contribution < -0.4 is 5.32 Å². The zero-order chi connectivity index (χ0) is 12.3. The van der Waals surface area contributed by atoms with Crippen molar-refractivity contribution in [1.82, 2.24) is 10.2 Å². The minimum atomic E-state index is -0.693. The van der Waals surface area contributed by atoms with Crippen molar-refractivity contribution >= 4 is 5.97 Å². The van der Waals surface area contributed by atoms with Crippen molar-refractivity contribution in [2.75, 3.05) is 13.1 Å². The number of carbonyl (C=O) groups is 1. The predicted molar refractivity (Wildman–Crippen MR) is 67.1 cm³/mol. The minimum absolute atomic E-state index is 0.355. The molecular weight excluding hydrogens is 216 g/mol. The van der Waals surface area contributed by atoms with Gasteiger partial charge in [0, 0.05) is 18.6 Å². The molecule has 2 aliphatic heterocycles. The van der Waals surface area contributed by atoms with Gasteiger partial charge in [0.25, 0.3) is 0 Å². The molecule has 98 valence electrons. The highest BCUT2D eigenvalue weighted by Gasteiger charge is 2.37. The lowest BCUT2D eigenvalue weighted by atomic mass is 9.98. The van der Waals surface area contributed by atoms with Gasteiger partial charge in [0.05, 0.1) is 0 Å². The smallest absolute Gasteiger partial charge is 0.320 e. The number of aliphatic carboxylic acids is 1. The quantitative estimate of drug-likeness (QED) is 0.764. The van der Waals surface area contributed by atoms with E-state index in [-0.39, 0.29) is 6.04 Å². The van der Waals surface area contributed by atoms with Gasteiger partial charge < -0.3 is 5.11 Å². The zero-order valence-electron chi connectivity index (χ0n) is 10.7. The molecule has 0 aromatic carbocycles. The highest BCUT2D eigenvalue weighted by atomic mass is 16.4. The van der Waals surface area contributed by atoms with E-state index in [0.29, 0.717) is 12.1 Å². The van der Waals surface area contributed by atoms with Gasteiger partial charge in [-0.25, -0.2) is 0 Å². The number of nitrogens with one attached hydrogen (secondary N) is 1. The van der Waals surface area contributed by atoms with E-state index in [2.05, 4.69) is 10.2 Å².